The second-order valence-electron chi connectivity index (χ2n) is 3.81. The molecule has 1 aromatic carbocycles. The average Bonchev–Trinajstić information content (AvgIpc) is 2.34. The van der Waals surface area contributed by atoms with Crippen LogP contribution in [-0.4, -0.2) is 40.6 Å². The van der Waals surface area contributed by atoms with Gasteiger partial charge >= 0.3 is 5.97 Å². The lowest BCUT2D eigenvalue weighted by molar-refractivity contribution is -0.140. The normalized spacial score (nSPS) is 11.5. The number of anilines is 1. The zero-order valence-electron chi connectivity index (χ0n) is 10.2. The maximum absolute atomic E-state index is 11.8. The van der Waals surface area contributed by atoms with Crippen molar-refractivity contribution in [2.45, 2.75) is 13.0 Å². The number of aliphatic hydroxyl groups excluding tert-OH is 1. The molecule has 0 spiro atoms. The lowest BCUT2D eigenvalue weighted by Crippen LogP contribution is -2.43. The van der Waals surface area contributed by atoms with Gasteiger partial charge in [-0.3, -0.25) is 9.59 Å². The number of aliphatic carboxylic acids is 1. The van der Waals surface area contributed by atoms with Gasteiger partial charge in [-0.05, 0) is 18.2 Å². The fourth-order valence-electron chi connectivity index (χ4n) is 1.37. The Morgan fingerprint density at radius 2 is 2.00 bits per heavy atom. The van der Waals surface area contributed by atoms with Crippen molar-refractivity contribution in [2.75, 3.05) is 11.9 Å². The third-order valence-electron chi connectivity index (χ3n) is 2.23. The van der Waals surface area contributed by atoms with Crippen LogP contribution in [0.4, 0.5) is 5.69 Å². The molecule has 0 saturated heterocycles. The van der Waals surface area contributed by atoms with Crippen LogP contribution in [0.5, 0.6) is 0 Å². The predicted molar refractivity (Wildman–Crippen MR) is 66.7 cm³/mol. The molecule has 4 N–H and O–H groups in total. The number of hydrogen-bond acceptors (Lipinski definition) is 4. The highest BCUT2D eigenvalue weighted by molar-refractivity contribution is 5.98. The zero-order chi connectivity index (χ0) is 14.4. The molecule has 0 saturated carbocycles. The highest BCUT2D eigenvalue weighted by Gasteiger charge is 2.19. The van der Waals surface area contributed by atoms with Crippen LogP contribution >= 0.6 is 0 Å². The molecule has 0 aromatic heterocycles. The molecule has 0 heterocycles. The van der Waals surface area contributed by atoms with Gasteiger partial charge in [-0.15, -0.1) is 0 Å². The summed E-state index contributed by atoms with van der Waals surface area (Å²) in [7, 11) is 0. The number of nitrogens with one attached hydrogen (secondary N) is 2. The summed E-state index contributed by atoms with van der Waals surface area (Å²) in [5.74, 6) is -2.25. The quantitative estimate of drug-likeness (QED) is 0.590. The average molecular weight is 266 g/mol. The number of benzene rings is 1. The van der Waals surface area contributed by atoms with Crippen LogP contribution in [0.2, 0.25) is 0 Å². The van der Waals surface area contributed by atoms with Gasteiger partial charge < -0.3 is 20.8 Å². The van der Waals surface area contributed by atoms with E-state index in [2.05, 4.69) is 10.6 Å². The Morgan fingerprint density at radius 1 is 1.32 bits per heavy atom. The minimum atomic E-state index is -1.36. The summed E-state index contributed by atoms with van der Waals surface area (Å²) < 4.78 is 0. The largest absolute Gasteiger partial charge is 0.480 e. The van der Waals surface area contributed by atoms with Gasteiger partial charge in [-0.25, -0.2) is 4.79 Å². The van der Waals surface area contributed by atoms with Crippen molar-refractivity contribution in [3.05, 3.63) is 29.8 Å². The van der Waals surface area contributed by atoms with Gasteiger partial charge in [0.15, 0.2) is 6.04 Å². The molecule has 1 atom stereocenters. The van der Waals surface area contributed by atoms with E-state index in [0.29, 0.717) is 5.69 Å². The molecule has 0 fully saturated rings. The third kappa shape index (κ3) is 4.40. The number of aliphatic hydroxyl groups is 1. The van der Waals surface area contributed by atoms with Crippen molar-refractivity contribution in [3.63, 3.8) is 0 Å². The first-order chi connectivity index (χ1) is 8.93. The first kappa shape index (κ1) is 14.7. The molecule has 0 aliphatic carbocycles. The third-order valence-corrected chi connectivity index (χ3v) is 2.23. The first-order valence-corrected chi connectivity index (χ1v) is 5.46. The SMILES string of the molecule is CC(=O)Nc1cccc(C(=O)N[C@H](CO)C(=O)O)c1. The molecule has 1 rings (SSSR count). The summed E-state index contributed by atoms with van der Waals surface area (Å²) in [5.41, 5.74) is 0.613. The molecule has 2 amide bonds. The summed E-state index contributed by atoms with van der Waals surface area (Å²) in [4.78, 5) is 33.3. The highest BCUT2D eigenvalue weighted by Crippen LogP contribution is 2.10. The van der Waals surface area contributed by atoms with Gasteiger partial charge in [0, 0.05) is 18.2 Å². The van der Waals surface area contributed by atoms with Crippen LogP contribution in [0, 0.1) is 0 Å². The second-order valence-corrected chi connectivity index (χ2v) is 3.81. The number of carbonyl (C=O) groups excluding carboxylic acids is 2. The van der Waals surface area contributed by atoms with Gasteiger partial charge in [0.05, 0.1) is 6.61 Å². The molecule has 7 heteroatoms. The minimum Gasteiger partial charge on any atom is -0.480 e. The molecule has 7 nitrogen and oxygen atoms in total. The lowest BCUT2D eigenvalue weighted by Gasteiger charge is -2.12. The van der Waals surface area contributed by atoms with Gasteiger partial charge in [0.2, 0.25) is 5.91 Å². The van der Waals surface area contributed by atoms with E-state index in [1.165, 1.54) is 19.1 Å². The molecule has 0 bridgehead atoms. The van der Waals surface area contributed by atoms with E-state index in [4.69, 9.17) is 10.2 Å². The Labute approximate surface area is 109 Å². The lowest BCUT2D eigenvalue weighted by atomic mass is 10.1. The van der Waals surface area contributed by atoms with E-state index in [9.17, 15) is 14.4 Å². The molecular formula is C12H14N2O5. The number of carboxylic acids is 1. The second kappa shape index (κ2) is 6.50. The summed E-state index contributed by atoms with van der Waals surface area (Å²) in [6.07, 6.45) is 0. The van der Waals surface area contributed by atoms with Crippen LogP contribution < -0.4 is 10.6 Å². The molecule has 102 valence electrons. The van der Waals surface area contributed by atoms with Gasteiger partial charge in [-0.2, -0.15) is 0 Å². The Balaban J connectivity index is 2.82. The minimum absolute atomic E-state index is 0.186. The summed E-state index contributed by atoms with van der Waals surface area (Å²) in [5, 5.41) is 22.2. The molecule has 19 heavy (non-hydrogen) atoms. The fourth-order valence-corrected chi connectivity index (χ4v) is 1.37. The maximum Gasteiger partial charge on any atom is 0.328 e. The number of amides is 2. The summed E-state index contributed by atoms with van der Waals surface area (Å²) >= 11 is 0. The monoisotopic (exact) mass is 266 g/mol. The van der Waals surface area contributed by atoms with E-state index < -0.39 is 24.5 Å². The molecule has 1 aromatic rings. The molecule has 0 unspecified atom stereocenters. The summed E-state index contributed by atoms with van der Waals surface area (Å²) in [6, 6.07) is 4.66. The number of carbonyl (C=O) groups is 3. The topological polar surface area (TPSA) is 116 Å². The standard InChI is InChI=1S/C12H14N2O5/c1-7(16)13-9-4-2-3-8(5-9)11(17)14-10(6-15)12(18)19/h2-5,10,15H,6H2,1H3,(H,13,16)(H,14,17)(H,18,19)/t10-/m1/s1. The van der Waals surface area contributed by atoms with Crippen LogP contribution in [0.15, 0.2) is 24.3 Å². The number of hydrogen-bond donors (Lipinski definition) is 4. The van der Waals surface area contributed by atoms with Crippen molar-refractivity contribution in [1.82, 2.24) is 5.32 Å². The van der Waals surface area contributed by atoms with Crippen molar-refractivity contribution in [3.8, 4) is 0 Å². The Hall–Kier alpha value is -2.41. The summed E-state index contributed by atoms with van der Waals surface area (Å²) in [6.45, 7) is 0.630. The highest BCUT2D eigenvalue weighted by atomic mass is 16.4. The predicted octanol–water partition coefficient (Wildman–Crippen LogP) is -0.180. The Bertz CT molecular complexity index is 501. The fraction of sp³-hybridized carbons (Fsp3) is 0.250. The molecule has 0 radical (unpaired) electrons. The Kier molecular flexibility index (Phi) is 5.01. The molecular weight excluding hydrogens is 252 g/mol. The Morgan fingerprint density at radius 3 is 2.53 bits per heavy atom. The molecule has 0 aliphatic rings. The van der Waals surface area contributed by atoms with Crippen LogP contribution in [0.25, 0.3) is 0 Å². The van der Waals surface area contributed by atoms with E-state index in [1.807, 2.05) is 0 Å². The van der Waals surface area contributed by atoms with Crippen LogP contribution in [0.3, 0.4) is 0 Å². The maximum atomic E-state index is 11.8. The van der Waals surface area contributed by atoms with Gasteiger partial charge in [0.25, 0.3) is 5.91 Å². The van der Waals surface area contributed by atoms with Crippen molar-refractivity contribution >= 4 is 23.5 Å². The molecule has 0 aliphatic heterocycles. The van der Waals surface area contributed by atoms with E-state index in [-0.39, 0.29) is 11.5 Å². The van der Waals surface area contributed by atoms with E-state index in [0.717, 1.165) is 0 Å². The van der Waals surface area contributed by atoms with E-state index in [1.54, 1.807) is 12.1 Å². The first-order valence-electron chi connectivity index (χ1n) is 5.46. The van der Waals surface area contributed by atoms with Crippen molar-refractivity contribution in [2.24, 2.45) is 0 Å². The van der Waals surface area contributed by atoms with Gasteiger partial charge in [-0.1, -0.05) is 6.07 Å². The zero-order valence-corrected chi connectivity index (χ0v) is 10.2. The van der Waals surface area contributed by atoms with Crippen molar-refractivity contribution < 1.29 is 24.6 Å². The van der Waals surface area contributed by atoms with Crippen molar-refractivity contribution in [1.29, 1.82) is 0 Å². The van der Waals surface area contributed by atoms with E-state index >= 15 is 0 Å². The smallest absolute Gasteiger partial charge is 0.328 e. The van der Waals surface area contributed by atoms with Crippen LogP contribution in [0.1, 0.15) is 17.3 Å². The number of carboxylic acid groups (broad SMARTS) is 1. The number of rotatable bonds is 5. The van der Waals surface area contributed by atoms with Crippen LogP contribution in [-0.2, 0) is 9.59 Å². The van der Waals surface area contributed by atoms with Gasteiger partial charge in [0.1, 0.15) is 0 Å².